The summed E-state index contributed by atoms with van der Waals surface area (Å²) in [4.78, 5) is 4.10. The van der Waals surface area contributed by atoms with E-state index in [1.54, 1.807) is 6.20 Å². The van der Waals surface area contributed by atoms with Gasteiger partial charge in [-0.2, -0.15) is 0 Å². The summed E-state index contributed by atoms with van der Waals surface area (Å²) in [6.45, 7) is 1.92. The van der Waals surface area contributed by atoms with E-state index < -0.39 is 0 Å². The Hall–Kier alpha value is -1.55. The molecule has 0 aliphatic rings. The lowest BCUT2D eigenvalue weighted by atomic mass is 10.2. The van der Waals surface area contributed by atoms with Gasteiger partial charge in [-0.1, -0.05) is 15.9 Å². The second kappa shape index (κ2) is 4.53. The van der Waals surface area contributed by atoms with E-state index in [9.17, 15) is 0 Å². The van der Waals surface area contributed by atoms with Gasteiger partial charge in [0.1, 0.15) is 5.75 Å². The van der Waals surface area contributed by atoms with Gasteiger partial charge in [0, 0.05) is 10.5 Å². The lowest BCUT2D eigenvalue weighted by Gasteiger charge is -2.06. The Morgan fingerprint density at radius 2 is 1.94 bits per heavy atom. The minimum absolute atomic E-state index is 0.550. The molecule has 0 fully saturated rings. The number of anilines is 1. The number of hydrogen-bond acceptors (Lipinski definition) is 3. The molecule has 0 saturated carbocycles. The topological polar surface area (TPSA) is 48.1 Å². The second-order valence-electron chi connectivity index (χ2n) is 3.44. The summed E-state index contributed by atoms with van der Waals surface area (Å²) in [5.74, 6) is 1.30. The Morgan fingerprint density at radius 3 is 2.56 bits per heavy atom. The van der Waals surface area contributed by atoms with Gasteiger partial charge in [0.2, 0.25) is 5.88 Å². The third-order valence-electron chi connectivity index (χ3n) is 2.16. The highest BCUT2D eigenvalue weighted by atomic mass is 79.9. The molecule has 16 heavy (non-hydrogen) atoms. The number of nitrogen functional groups attached to an aromatic ring is 1. The smallest absolute Gasteiger partial charge is 0.219 e. The second-order valence-corrected chi connectivity index (χ2v) is 4.35. The van der Waals surface area contributed by atoms with Crippen LogP contribution in [0.2, 0.25) is 0 Å². The largest absolute Gasteiger partial charge is 0.439 e. The SMILES string of the molecule is Cc1cc(Oc2ccc(Br)cc2)ncc1N. The van der Waals surface area contributed by atoms with Crippen molar-refractivity contribution in [2.45, 2.75) is 6.92 Å². The Morgan fingerprint density at radius 1 is 1.25 bits per heavy atom. The summed E-state index contributed by atoms with van der Waals surface area (Å²) in [5, 5.41) is 0. The molecule has 1 aromatic heterocycles. The molecule has 2 aromatic rings. The maximum Gasteiger partial charge on any atom is 0.219 e. The first-order valence-electron chi connectivity index (χ1n) is 4.81. The zero-order valence-electron chi connectivity index (χ0n) is 8.77. The van der Waals surface area contributed by atoms with Crippen LogP contribution >= 0.6 is 15.9 Å². The molecular formula is C12H11BrN2O. The summed E-state index contributed by atoms with van der Waals surface area (Å²) in [7, 11) is 0. The minimum Gasteiger partial charge on any atom is -0.439 e. The summed E-state index contributed by atoms with van der Waals surface area (Å²) in [6, 6.07) is 9.39. The van der Waals surface area contributed by atoms with Crippen LogP contribution in [0.5, 0.6) is 11.6 Å². The van der Waals surface area contributed by atoms with Gasteiger partial charge in [0.25, 0.3) is 0 Å². The standard InChI is InChI=1S/C12H11BrN2O/c1-8-6-12(15-7-11(8)14)16-10-4-2-9(13)3-5-10/h2-7H,14H2,1H3. The highest BCUT2D eigenvalue weighted by molar-refractivity contribution is 9.10. The quantitative estimate of drug-likeness (QED) is 0.914. The van der Waals surface area contributed by atoms with Gasteiger partial charge < -0.3 is 10.5 Å². The molecule has 2 rings (SSSR count). The van der Waals surface area contributed by atoms with Gasteiger partial charge in [-0.15, -0.1) is 0 Å². The van der Waals surface area contributed by atoms with Crippen LogP contribution in [0.15, 0.2) is 41.0 Å². The predicted octanol–water partition coefficient (Wildman–Crippen LogP) is 3.53. The van der Waals surface area contributed by atoms with Gasteiger partial charge in [-0.05, 0) is 36.8 Å². The maximum atomic E-state index is 5.68. The normalized spacial score (nSPS) is 10.1. The minimum atomic E-state index is 0.550. The molecule has 82 valence electrons. The number of pyridine rings is 1. The number of aryl methyl sites for hydroxylation is 1. The van der Waals surface area contributed by atoms with Crippen molar-refractivity contribution in [1.29, 1.82) is 0 Å². The van der Waals surface area contributed by atoms with E-state index in [2.05, 4.69) is 20.9 Å². The van der Waals surface area contributed by atoms with Crippen molar-refractivity contribution in [3.8, 4) is 11.6 Å². The van der Waals surface area contributed by atoms with Gasteiger partial charge in [0.15, 0.2) is 0 Å². The van der Waals surface area contributed by atoms with Gasteiger partial charge in [0.05, 0.1) is 11.9 Å². The van der Waals surface area contributed by atoms with Crippen LogP contribution in [0.4, 0.5) is 5.69 Å². The Kier molecular flexibility index (Phi) is 3.10. The first-order chi connectivity index (χ1) is 7.65. The number of rotatable bonds is 2. The molecule has 0 atom stereocenters. The number of halogens is 1. The molecule has 0 saturated heterocycles. The summed E-state index contributed by atoms with van der Waals surface area (Å²) < 4.78 is 6.60. The van der Waals surface area contributed by atoms with Crippen molar-refractivity contribution in [2.24, 2.45) is 0 Å². The molecule has 0 spiro atoms. The average Bonchev–Trinajstić information content (AvgIpc) is 2.27. The van der Waals surface area contributed by atoms with E-state index in [-0.39, 0.29) is 0 Å². The van der Waals surface area contributed by atoms with Gasteiger partial charge in [-0.25, -0.2) is 4.98 Å². The lowest BCUT2D eigenvalue weighted by molar-refractivity contribution is 0.462. The first kappa shape index (κ1) is 11.0. The van der Waals surface area contributed by atoms with Crippen molar-refractivity contribution in [2.75, 3.05) is 5.73 Å². The molecule has 0 bridgehead atoms. The average molecular weight is 279 g/mol. The maximum absolute atomic E-state index is 5.68. The van der Waals surface area contributed by atoms with Gasteiger partial charge in [-0.3, -0.25) is 0 Å². The van der Waals surface area contributed by atoms with E-state index >= 15 is 0 Å². The zero-order valence-corrected chi connectivity index (χ0v) is 10.4. The molecule has 4 heteroatoms. The fourth-order valence-corrected chi connectivity index (χ4v) is 1.48. The third-order valence-corrected chi connectivity index (χ3v) is 2.69. The molecule has 1 aromatic carbocycles. The summed E-state index contributed by atoms with van der Waals surface area (Å²) >= 11 is 3.36. The van der Waals surface area contributed by atoms with Crippen molar-refractivity contribution in [3.63, 3.8) is 0 Å². The first-order valence-corrected chi connectivity index (χ1v) is 5.60. The van der Waals surface area contributed by atoms with Gasteiger partial charge >= 0.3 is 0 Å². The molecule has 0 aliphatic heterocycles. The molecular weight excluding hydrogens is 268 g/mol. The third kappa shape index (κ3) is 2.52. The Balaban J connectivity index is 2.20. The molecule has 0 amide bonds. The number of ether oxygens (including phenoxy) is 1. The highest BCUT2D eigenvalue weighted by Gasteiger charge is 2.01. The van der Waals surface area contributed by atoms with E-state index in [1.165, 1.54) is 0 Å². The number of nitrogens with two attached hydrogens (primary N) is 1. The van der Waals surface area contributed by atoms with E-state index in [1.807, 2.05) is 37.3 Å². The van der Waals surface area contributed by atoms with Crippen LogP contribution in [-0.2, 0) is 0 Å². The molecule has 0 unspecified atom stereocenters. The molecule has 1 heterocycles. The lowest BCUT2D eigenvalue weighted by Crippen LogP contribution is -1.93. The fourth-order valence-electron chi connectivity index (χ4n) is 1.22. The fraction of sp³-hybridized carbons (Fsp3) is 0.0833. The molecule has 0 aliphatic carbocycles. The van der Waals surface area contributed by atoms with Crippen molar-refractivity contribution < 1.29 is 4.74 Å². The zero-order chi connectivity index (χ0) is 11.5. The molecule has 3 nitrogen and oxygen atoms in total. The van der Waals surface area contributed by atoms with Crippen LogP contribution in [0.1, 0.15) is 5.56 Å². The number of nitrogens with zero attached hydrogens (tertiary/aromatic N) is 1. The summed E-state index contributed by atoms with van der Waals surface area (Å²) in [5.41, 5.74) is 7.31. The highest BCUT2D eigenvalue weighted by Crippen LogP contribution is 2.23. The van der Waals surface area contributed by atoms with Crippen molar-refractivity contribution in [1.82, 2.24) is 4.98 Å². The van der Waals surface area contributed by atoms with Crippen molar-refractivity contribution in [3.05, 3.63) is 46.6 Å². The molecule has 2 N–H and O–H groups in total. The van der Waals surface area contributed by atoms with Crippen molar-refractivity contribution >= 4 is 21.6 Å². The van der Waals surface area contributed by atoms with Crippen LogP contribution < -0.4 is 10.5 Å². The van der Waals surface area contributed by atoms with E-state index in [4.69, 9.17) is 10.5 Å². The Labute approximate surface area is 102 Å². The number of hydrogen-bond donors (Lipinski definition) is 1. The van der Waals surface area contributed by atoms with Crippen LogP contribution in [0.3, 0.4) is 0 Å². The number of aromatic nitrogens is 1. The Bertz CT molecular complexity index is 497. The van der Waals surface area contributed by atoms with Crippen LogP contribution in [0, 0.1) is 6.92 Å². The van der Waals surface area contributed by atoms with E-state index in [0.717, 1.165) is 15.8 Å². The van der Waals surface area contributed by atoms with Crippen LogP contribution in [-0.4, -0.2) is 4.98 Å². The molecule has 0 radical (unpaired) electrons. The summed E-state index contributed by atoms with van der Waals surface area (Å²) in [6.07, 6.45) is 1.60. The van der Waals surface area contributed by atoms with Crippen LogP contribution in [0.25, 0.3) is 0 Å². The van der Waals surface area contributed by atoms with E-state index in [0.29, 0.717) is 11.6 Å². The number of benzene rings is 1. The monoisotopic (exact) mass is 278 g/mol. The predicted molar refractivity (Wildman–Crippen MR) is 67.6 cm³/mol.